The fourth-order valence-corrected chi connectivity index (χ4v) is 3.73. The van der Waals surface area contributed by atoms with Gasteiger partial charge >= 0.3 is 0 Å². The SMILES string of the molecule is COc1cccc(CN(C)Cc2csc(-c3ccc(OC)cc3OC)n2)c1. The molecule has 3 aromatic rings. The Morgan fingerprint density at radius 1 is 0.926 bits per heavy atom. The Balaban J connectivity index is 1.70. The third-order valence-electron chi connectivity index (χ3n) is 4.21. The molecule has 1 heterocycles. The highest BCUT2D eigenvalue weighted by Gasteiger charge is 2.13. The molecule has 0 unspecified atom stereocenters. The van der Waals surface area contributed by atoms with Gasteiger partial charge in [0, 0.05) is 24.5 Å². The lowest BCUT2D eigenvalue weighted by Crippen LogP contribution is -2.17. The van der Waals surface area contributed by atoms with E-state index in [1.165, 1.54) is 5.56 Å². The first kappa shape index (κ1) is 19.2. The minimum absolute atomic E-state index is 0.764. The average Bonchev–Trinajstić information content (AvgIpc) is 3.15. The van der Waals surface area contributed by atoms with Crippen molar-refractivity contribution < 1.29 is 14.2 Å². The molecule has 3 rings (SSSR count). The monoisotopic (exact) mass is 384 g/mol. The topological polar surface area (TPSA) is 43.8 Å². The Morgan fingerprint density at radius 2 is 1.70 bits per heavy atom. The quantitative estimate of drug-likeness (QED) is 0.573. The predicted octanol–water partition coefficient (Wildman–Crippen LogP) is 4.47. The van der Waals surface area contributed by atoms with Crippen molar-refractivity contribution in [2.24, 2.45) is 0 Å². The molecule has 0 aliphatic heterocycles. The molecule has 6 heteroatoms. The molecule has 0 fully saturated rings. The number of hydrogen-bond donors (Lipinski definition) is 0. The fourth-order valence-electron chi connectivity index (χ4n) is 2.89. The van der Waals surface area contributed by atoms with Crippen LogP contribution in [0.15, 0.2) is 47.8 Å². The Labute approximate surface area is 164 Å². The summed E-state index contributed by atoms with van der Waals surface area (Å²) in [6.07, 6.45) is 0. The number of methoxy groups -OCH3 is 3. The first-order valence-corrected chi connectivity index (χ1v) is 9.49. The van der Waals surface area contributed by atoms with Crippen LogP contribution in [0.25, 0.3) is 10.6 Å². The Hall–Kier alpha value is -2.57. The minimum atomic E-state index is 0.764. The molecule has 0 radical (unpaired) electrons. The second-order valence-corrected chi connectivity index (χ2v) is 7.09. The van der Waals surface area contributed by atoms with E-state index in [-0.39, 0.29) is 0 Å². The molecule has 0 aliphatic carbocycles. The number of thiazole rings is 1. The Kier molecular flexibility index (Phi) is 6.32. The van der Waals surface area contributed by atoms with Crippen molar-refractivity contribution in [2.75, 3.05) is 28.4 Å². The maximum absolute atomic E-state index is 5.50. The largest absolute Gasteiger partial charge is 0.497 e. The van der Waals surface area contributed by atoms with Gasteiger partial charge in [0.05, 0.1) is 32.6 Å². The first-order valence-electron chi connectivity index (χ1n) is 8.61. The molecular formula is C21H24N2O3S. The van der Waals surface area contributed by atoms with E-state index in [9.17, 15) is 0 Å². The number of rotatable bonds is 8. The van der Waals surface area contributed by atoms with Crippen LogP contribution in [0.3, 0.4) is 0 Å². The predicted molar refractivity (Wildman–Crippen MR) is 109 cm³/mol. The van der Waals surface area contributed by atoms with Crippen LogP contribution in [0, 0.1) is 0 Å². The Bertz CT molecular complexity index is 895. The smallest absolute Gasteiger partial charge is 0.132 e. The van der Waals surface area contributed by atoms with Gasteiger partial charge in [0.1, 0.15) is 22.3 Å². The summed E-state index contributed by atoms with van der Waals surface area (Å²) in [5.41, 5.74) is 3.23. The van der Waals surface area contributed by atoms with Gasteiger partial charge in [0.15, 0.2) is 0 Å². The molecule has 0 saturated carbocycles. The number of aromatic nitrogens is 1. The summed E-state index contributed by atoms with van der Waals surface area (Å²) < 4.78 is 16.1. The number of benzene rings is 2. The van der Waals surface area contributed by atoms with Crippen molar-refractivity contribution in [1.82, 2.24) is 9.88 Å². The molecule has 0 atom stereocenters. The van der Waals surface area contributed by atoms with E-state index in [4.69, 9.17) is 19.2 Å². The van der Waals surface area contributed by atoms with Gasteiger partial charge in [-0.15, -0.1) is 11.3 Å². The first-order chi connectivity index (χ1) is 13.1. The standard InChI is InChI=1S/C21H24N2O3S/c1-23(12-15-6-5-7-17(10-15)24-2)13-16-14-27-21(22-16)19-9-8-18(25-3)11-20(19)26-4/h5-11,14H,12-13H2,1-4H3. The summed E-state index contributed by atoms with van der Waals surface area (Å²) in [7, 11) is 7.09. The third kappa shape index (κ3) is 4.78. The maximum atomic E-state index is 5.50. The molecule has 5 nitrogen and oxygen atoms in total. The van der Waals surface area contributed by atoms with Crippen LogP contribution in [0.5, 0.6) is 17.2 Å². The van der Waals surface area contributed by atoms with Crippen LogP contribution in [-0.4, -0.2) is 38.3 Å². The van der Waals surface area contributed by atoms with E-state index in [0.717, 1.165) is 46.6 Å². The number of ether oxygens (including phenoxy) is 3. The summed E-state index contributed by atoms with van der Waals surface area (Å²) in [5.74, 6) is 2.41. The van der Waals surface area contributed by atoms with Gasteiger partial charge in [-0.25, -0.2) is 4.98 Å². The van der Waals surface area contributed by atoms with Crippen molar-refractivity contribution in [3.63, 3.8) is 0 Å². The number of nitrogens with zero attached hydrogens (tertiary/aromatic N) is 2. The van der Waals surface area contributed by atoms with Gasteiger partial charge in [-0.3, -0.25) is 4.90 Å². The minimum Gasteiger partial charge on any atom is -0.497 e. The lowest BCUT2D eigenvalue weighted by atomic mass is 10.2. The average molecular weight is 385 g/mol. The van der Waals surface area contributed by atoms with E-state index in [2.05, 4.69) is 29.5 Å². The molecule has 0 spiro atoms. The van der Waals surface area contributed by atoms with Crippen molar-refractivity contribution in [1.29, 1.82) is 0 Å². The normalized spacial score (nSPS) is 10.9. The number of hydrogen-bond acceptors (Lipinski definition) is 6. The van der Waals surface area contributed by atoms with Gasteiger partial charge < -0.3 is 14.2 Å². The Morgan fingerprint density at radius 3 is 2.44 bits per heavy atom. The highest BCUT2D eigenvalue weighted by Crippen LogP contribution is 2.35. The van der Waals surface area contributed by atoms with Crippen LogP contribution in [0.2, 0.25) is 0 Å². The van der Waals surface area contributed by atoms with Gasteiger partial charge in [0.2, 0.25) is 0 Å². The van der Waals surface area contributed by atoms with Crippen LogP contribution >= 0.6 is 11.3 Å². The second-order valence-electron chi connectivity index (χ2n) is 6.23. The summed E-state index contributed by atoms with van der Waals surface area (Å²) in [4.78, 5) is 7.03. The van der Waals surface area contributed by atoms with E-state index in [1.54, 1.807) is 32.7 Å². The molecule has 2 aromatic carbocycles. The molecule has 1 aromatic heterocycles. The molecule has 27 heavy (non-hydrogen) atoms. The van der Waals surface area contributed by atoms with Gasteiger partial charge in [-0.1, -0.05) is 12.1 Å². The summed E-state index contributed by atoms with van der Waals surface area (Å²) in [5, 5.41) is 3.04. The van der Waals surface area contributed by atoms with Crippen molar-refractivity contribution in [2.45, 2.75) is 13.1 Å². The molecule has 0 N–H and O–H groups in total. The molecule has 0 bridgehead atoms. The third-order valence-corrected chi connectivity index (χ3v) is 5.13. The molecule has 0 aliphatic rings. The molecule has 0 amide bonds. The van der Waals surface area contributed by atoms with Gasteiger partial charge in [-0.2, -0.15) is 0 Å². The van der Waals surface area contributed by atoms with E-state index >= 15 is 0 Å². The molecular weight excluding hydrogens is 360 g/mol. The molecule has 0 saturated heterocycles. The fraction of sp³-hybridized carbons (Fsp3) is 0.286. The van der Waals surface area contributed by atoms with Gasteiger partial charge in [-0.05, 0) is 36.9 Å². The summed E-state index contributed by atoms with van der Waals surface area (Å²) in [6, 6.07) is 13.9. The zero-order chi connectivity index (χ0) is 19.2. The van der Waals surface area contributed by atoms with Crippen LogP contribution in [-0.2, 0) is 13.1 Å². The highest BCUT2D eigenvalue weighted by atomic mass is 32.1. The lowest BCUT2D eigenvalue weighted by molar-refractivity contribution is 0.315. The van der Waals surface area contributed by atoms with Gasteiger partial charge in [0.25, 0.3) is 0 Å². The van der Waals surface area contributed by atoms with Crippen molar-refractivity contribution in [3.05, 3.63) is 59.1 Å². The van der Waals surface area contributed by atoms with E-state index < -0.39 is 0 Å². The van der Waals surface area contributed by atoms with Crippen molar-refractivity contribution >= 4 is 11.3 Å². The molecule has 142 valence electrons. The summed E-state index contributed by atoms with van der Waals surface area (Å²) >= 11 is 1.62. The zero-order valence-corrected chi connectivity index (χ0v) is 16.9. The summed E-state index contributed by atoms with van der Waals surface area (Å²) in [6.45, 7) is 1.60. The lowest BCUT2D eigenvalue weighted by Gasteiger charge is -2.15. The van der Waals surface area contributed by atoms with E-state index in [0.29, 0.717) is 0 Å². The van der Waals surface area contributed by atoms with Crippen molar-refractivity contribution in [3.8, 4) is 27.8 Å². The second kappa shape index (κ2) is 8.88. The van der Waals surface area contributed by atoms with Crippen LogP contribution in [0.1, 0.15) is 11.3 Å². The highest BCUT2D eigenvalue weighted by molar-refractivity contribution is 7.13. The van der Waals surface area contributed by atoms with E-state index in [1.807, 2.05) is 30.3 Å². The van der Waals surface area contributed by atoms with Crippen LogP contribution < -0.4 is 14.2 Å². The zero-order valence-electron chi connectivity index (χ0n) is 16.1. The van der Waals surface area contributed by atoms with Crippen LogP contribution in [0.4, 0.5) is 0 Å². The maximum Gasteiger partial charge on any atom is 0.132 e.